The zero-order chi connectivity index (χ0) is 14.2. The van der Waals surface area contributed by atoms with Crippen LogP contribution in [-0.4, -0.2) is 38.3 Å². The zero-order valence-corrected chi connectivity index (χ0v) is 12.0. The molecule has 0 aromatic heterocycles. The molecule has 19 heavy (non-hydrogen) atoms. The molecule has 1 fully saturated rings. The number of rotatable bonds is 2. The number of amidine groups is 1. The number of anilines is 1. The lowest BCUT2D eigenvalue weighted by atomic mass is 10.1. The quantitative estimate of drug-likeness (QED) is 0.623. The van der Waals surface area contributed by atoms with Crippen LogP contribution in [0.3, 0.4) is 0 Å². The summed E-state index contributed by atoms with van der Waals surface area (Å²) in [5.74, 6) is 0.316. The first kappa shape index (κ1) is 13.9. The largest absolute Gasteiger partial charge is 0.384 e. The third-order valence-electron chi connectivity index (χ3n) is 3.42. The normalized spacial score (nSPS) is 22.2. The van der Waals surface area contributed by atoms with E-state index in [1.54, 1.807) is 0 Å². The van der Waals surface area contributed by atoms with Gasteiger partial charge in [-0.1, -0.05) is 6.07 Å². The summed E-state index contributed by atoms with van der Waals surface area (Å²) >= 11 is 0. The maximum absolute atomic E-state index is 11.6. The molecular formula is C13H19N3O2S. The second kappa shape index (κ2) is 4.85. The third-order valence-corrected chi connectivity index (χ3v) is 5.22. The number of nitrogen functional groups attached to an aromatic ring is 1. The lowest BCUT2D eigenvalue weighted by molar-refractivity contribution is 0.568. The van der Waals surface area contributed by atoms with E-state index in [0.29, 0.717) is 12.1 Å². The Labute approximate surface area is 113 Å². The molecule has 1 aliphatic heterocycles. The van der Waals surface area contributed by atoms with Gasteiger partial charge in [0, 0.05) is 23.8 Å². The van der Waals surface area contributed by atoms with Crippen molar-refractivity contribution in [2.75, 3.05) is 23.0 Å². The van der Waals surface area contributed by atoms with Crippen LogP contribution in [0.25, 0.3) is 0 Å². The van der Waals surface area contributed by atoms with E-state index in [1.165, 1.54) is 0 Å². The molecule has 5 nitrogen and oxygen atoms in total. The van der Waals surface area contributed by atoms with Crippen LogP contribution in [-0.2, 0) is 9.84 Å². The van der Waals surface area contributed by atoms with Crippen molar-refractivity contribution < 1.29 is 8.42 Å². The van der Waals surface area contributed by atoms with Gasteiger partial charge in [-0.2, -0.15) is 0 Å². The van der Waals surface area contributed by atoms with E-state index in [-0.39, 0.29) is 23.4 Å². The van der Waals surface area contributed by atoms with Crippen molar-refractivity contribution in [2.45, 2.75) is 19.9 Å². The van der Waals surface area contributed by atoms with Crippen LogP contribution in [0.2, 0.25) is 0 Å². The molecule has 0 aliphatic carbocycles. The molecule has 0 amide bonds. The summed E-state index contributed by atoms with van der Waals surface area (Å²) in [5.41, 5.74) is 8.20. The standard InChI is InChI=1S/C13H19N3O2S/c1-9-3-4-11(13(14)15)12(7-9)16-5-6-19(17,18)8-10(16)2/h3-4,7,10H,5-6,8H2,1-2H3,(H3,14,15). The van der Waals surface area contributed by atoms with Gasteiger partial charge in [0.25, 0.3) is 0 Å². The van der Waals surface area contributed by atoms with E-state index >= 15 is 0 Å². The second-order valence-electron chi connectivity index (χ2n) is 5.09. The Balaban J connectivity index is 2.42. The van der Waals surface area contributed by atoms with Gasteiger partial charge in [-0.25, -0.2) is 8.42 Å². The summed E-state index contributed by atoms with van der Waals surface area (Å²) in [5, 5.41) is 7.64. The van der Waals surface area contributed by atoms with Gasteiger partial charge in [0.1, 0.15) is 5.84 Å². The van der Waals surface area contributed by atoms with Crippen molar-refractivity contribution in [3.8, 4) is 0 Å². The minimum atomic E-state index is -2.94. The predicted octanol–water partition coefficient (Wildman–Crippen LogP) is 0.902. The highest BCUT2D eigenvalue weighted by Gasteiger charge is 2.29. The fourth-order valence-corrected chi connectivity index (χ4v) is 4.02. The van der Waals surface area contributed by atoms with Gasteiger partial charge in [-0.15, -0.1) is 0 Å². The Morgan fingerprint density at radius 3 is 2.74 bits per heavy atom. The molecule has 1 aromatic carbocycles. The first-order valence-electron chi connectivity index (χ1n) is 6.22. The van der Waals surface area contributed by atoms with Gasteiger partial charge in [-0.3, -0.25) is 5.41 Å². The molecule has 2 rings (SSSR count). The van der Waals surface area contributed by atoms with Crippen LogP contribution in [0.1, 0.15) is 18.1 Å². The van der Waals surface area contributed by atoms with E-state index < -0.39 is 9.84 Å². The Kier molecular flexibility index (Phi) is 3.54. The number of aryl methyl sites for hydroxylation is 1. The molecule has 104 valence electrons. The SMILES string of the molecule is Cc1ccc(C(=N)N)c(N2CCS(=O)(=O)CC2C)c1. The highest BCUT2D eigenvalue weighted by Crippen LogP contribution is 2.26. The van der Waals surface area contributed by atoms with Crippen molar-refractivity contribution >= 4 is 21.4 Å². The fourth-order valence-electron chi connectivity index (χ4n) is 2.46. The number of nitrogens with one attached hydrogen (secondary N) is 1. The van der Waals surface area contributed by atoms with E-state index in [2.05, 4.69) is 0 Å². The number of hydrogen-bond donors (Lipinski definition) is 2. The van der Waals surface area contributed by atoms with Crippen LogP contribution in [0, 0.1) is 12.3 Å². The molecule has 0 radical (unpaired) electrons. The third kappa shape index (κ3) is 2.89. The molecule has 1 unspecified atom stereocenters. The average Bonchev–Trinajstić information content (AvgIpc) is 2.27. The first-order chi connectivity index (χ1) is 8.80. The minimum absolute atomic E-state index is 0.00984. The number of sulfone groups is 1. The summed E-state index contributed by atoms with van der Waals surface area (Å²) in [7, 11) is -2.94. The van der Waals surface area contributed by atoms with E-state index in [1.807, 2.05) is 36.9 Å². The summed E-state index contributed by atoms with van der Waals surface area (Å²) in [6, 6.07) is 5.60. The van der Waals surface area contributed by atoms with Gasteiger partial charge in [-0.05, 0) is 31.5 Å². The smallest absolute Gasteiger partial charge is 0.154 e. The Morgan fingerprint density at radius 1 is 1.47 bits per heavy atom. The molecule has 0 saturated carbocycles. The van der Waals surface area contributed by atoms with Crippen LogP contribution in [0.4, 0.5) is 5.69 Å². The Bertz CT molecular complexity index is 610. The van der Waals surface area contributed by atoms with Crippen molar-refractivity contribution in [2.24, 2.45) is 5.73 Å². The molecule has 1 atom stereocenters. The van der Waals surface area contributed by atoms with Crippen molar-refractivity contribution in [3.05, 3.63) is 29.3 Å². The molecule has 1 aromatic rings. The lowest BCUT2D eigenvalue weighted by Crippen LogP contribution is -2.47. The highest BCUT2D eigenvalue weighted by molar-refractivity contribution is 7.91. The molecule has 1 saturated heterocycles. The molecule has 6 heteroatoms. The molecule has 3 N–H and O–H groups in total. The van der Waals surface area contributed by atoms with Crippen LogP contribution in [0.5, 0.6) is 0 Å². The van der Waals surface area contributed by atoms with Crippen molar-refractivity contribution in [1.82, 2.24) is 0 Å². The fraction of sp³-hybridized carbons (Fsp3) is 0.462. The highest BCUT2D eigenvalue weighted by atomic mass is 32.2. The number of nitrogens with zero attached hydrogens (tertiary/aromatic N) is 1. The summed E-state index contributed by atoms with van der Waals surface area (Å²) in [6.45, 7) is 4.31. The number of benzene rings is 1. The van der Waals surface area contributed by atoms with Gasteiger partial charge >= 0.3 is 0 Å². The minimum Gasteiger partial charge on any atom is -0.384 e. The monoisotopic (exact) mass is 281 g/mol. The molecular weight excluding hydrogens is 262 g/mol. The maximum atomic E-state index is 11.6. The van der Waals surface area contributed by atoms with Crippen LogP contribution < -0.4 is 10.6 Å². The van der Waals surface area contributed by atoms with E-state index in [0.717, 1.165) is 11.3 Å². The summed E-state index contributed by atoms with van der Waals surface area (Å²) < 4.78 is 23.3. The van der Waals surface area contributed by atoms with E-state index in [4.69, 9.17) is 11.1 Å². The van der Waals surface area contributed by atoms with Crippen molar-refractivity contribution in [3.63, 3.8) is 0 Å². The van der Waals surface area contributed by atoms with E-state index in [9.17, 15) is 8.42 Å². The van der Waals surface area contributed by atoms with Crippen LogP contribution in [0.15, 0.2) is 18.2 Å². The van der Waals surface area contributed by atoms with Crippen LogP contribution >= 0.6 is 0 Å². The molecule has 0 spiro atoms. The first-order valence-corrected chi connectivity index (χ1v) is 8.04. The average molecular weight is 281 g/mol. The summed E-state index contributed by atoms with van der Waals surface area (Å²) in [6.07, 6.45) is 0. The van der Waals surface area contributed by atoms with Gasteiger partial charge < -0.3 is 10.6 Å². The summed E-state index contributed by atoms with van der Waals surface area (Å²) in [4.78, 5) is 2.03. The number of hydrogen-bond acceptors (Lipinski definition) is 4. The van der Waals surface area contributed by atoms with Gasteiger partial charge in [0.05, 0.1) is 11.5 Å². The molecule has 1 aliphatic rings. The maximum Gasteiger partial charge on any atom is 0.154 e. The molecule has 1 heterocycles. The lowest BCUT2D eigenvalue weighted by Gasteiger charge is -2.36. The topological polar surface area (TPSA) is 87.2 Å². The Morgan fingerprint density at radius 2 is 2.16 bits per heavy atom. The zero-order valence-electron chi connectivity index (χ0n) is 11.2. The second-order valence-corrected chi connectivity index (χ2v) is 7.32. The predicted molar refractivity (Wildman–Crippen MR) is 77.7 cm³/mol. The number of nitrogens with two attached hydrogens (primary N) is 1. The van der Waals surface area contributed by atoms with Gasteiger partial charge in [0.2, 0.25) is 0 Å². The molecule has 0 bridgehead atoms. The Hall–Kier alpha value is -1.56. The van der Waals surface area contributed by atoms with Gasteiger partial charge in [0.15, 0.2) is 9.84 Å². The van der Waals surface area contributed by atoms with Crippen molar-refractivity contribution in [1.29, 1.82) is 5.41 Å².